The topological polar surface area (TPSA) is 128 Å². The third-order valence-electron chi connectivity index (χ3n) is 2.98. The zero-order valence-electron chi connectivity index (χ0n) is 13.3. The van der Waals surface area contributed by atoms with Gasteiger partial charge < -0.3 is 4.74 Å². The molecular formula is C14H14N6O4S. The lowest BCUT2D eigenvalue weighted by molar-refractivity contribution is 0.0379. The third-order valence-corrected chi connectivity index (χ3v) is 4.13. The predicted molar refractivity (Wildman–Crippen MR) is 86.4 cm³/mol. The molecule has 3 rings (SSSR count). The van der Waals surface area contributed by atoms with Gasteiger partial charge in [0.25, 0.3) is 21.0 Å². The van der Waals surface area contributed by atoms with Crippen molar-refractivity contribution in [2.75, 3.05) is 4.72 Å². The van der Waals surface area contributed by atoms with Crippen LogP contribution in [0, 0.1) is 0 Å². The summed E-state index contributed by atoms with van der Waals surface area (Å²) in [4.78, 5) is 23.5. The molecule has 0 radical (unpaired) electrons. The number of aromatic nitrogens is 5. The SMILES string of the molecule is CC(C)OC(=O)c1ccccc1NS(=O)(=O)c1nc2ncncn2n1. The Labute approximate surface area is 142 Å². The van der Waals surface area contributed by atoms with Crippen LogP contribution in [0.3, 0.4) is 0 Å². The molecular weight excluding hydrogens is 348 g/mol. The zero-order valence-corrected chi connectivity index (χ0v) is 14.1. The van der Waals surface area contributed by atoms with Gasteiger partial charge in [0.05, 0.1) is 17.4 Å². The second kappa shape index (κ2) is 6.43. The molecule has 1 N–H and O–H groups in total. The molecule has 25 heavy (non-hydrogen) atoms. The van der Waals surface area contributed by atoms with Gasteiger partial charge in [-0.25, -0.2) is 9.78 Å². The first-order valence-corrected chi connectivity index (χ1v) is 8.70. The van der Waals surface area contributed by atoms with E-state index in [2.05, 4.69) is 24.8 Å². The molecule has 0 saturated heterocycles. The predicted octanol–water partition coefficient (Wildman–Crippen LogP) is 0.885. The molecule has 0 aliphatic rings. The quantitative estimate of drug-likeness (QED) is 0.663. The van der Waals surface area contributed by atoms with Crippen LogP contribution in [0.25, 0.3) is 5.78 Å². The second-order valence-electron chi connectivity index (χ2n) is 5.25. The van der Waals surface area contributed by atoms with E-state index in [1.54, 1.807) is 26.0 Å². The Morgan fingerprint density at radius 1 is 1.28 bits per heavy atom. The van der Waals surface area contributed by atoms with Crippen molar-refractivity contribution in [3.63, 3.8) is 0 Å². The molecule has 0 unspecified atom stereocenters. The Hall–Kier alpha value is -3.08. The van der Waals surface area contributed by atoms with E-state index < -0.39 is 21.1 Å². The number of sulfonamides is 1. The van der Waals surface area contributed by atoms with Crippen molar-refractivity contribution in [1.82, 2.24) is 24.6 Å². The normalized spacial score (nSPS) is 11.6. The van der Waals surface area contributed by atoms with Gasteiger partial charge in [-0.05, 0) is 26.0 Å². The van der Waals surface area contributed by atoms with Crippen LogP contribution in [0.1, 0.15) is 24.2 Å². The fourth-order valence-electron chi connectivity index (χ4n) is 1.97. The Bertz CT molecular complexity index is 997. The van der Waals surface area contributed by atoms with Gasteiger partial charge in [0.15, 0.2) is 0 Å². The Balaban J connectivity index is 1.94. The first-order valence-electron chi connectivity index (χ1n) is 7.22. The molecule has 2 aromatic heterocycles. The van der Waals surface area contributed by atoms with Gasteiger partial charge in [-0.15, -0.1) is 5.10 Å². The van der Waals surface area contributed by atoms with E-state index in [0.717, 1.165) is 4.52 Å². The highest BCUT2D eigenvalue weighted by Crippen LogP contribution is 2.20. The zero-order chi connectivity index (χ0) is 18.0. The van der Waals surface area contributed by atoms with Gasteiger partial charge in [-0.2, -0.15) is 22.9 Å². The van der Waals surface area contributed by atoms with E-state index in [-0.39, 0.29) is 23.1 Å². The number of rotatable bonds is 5. The highest BCUT2D eigenvalue weighted by Gasteiger charge is 2.24. The fourth-order valence-corrected chi connectivity index (χ4v) is 2.93. The molecule has 11 heteroatoms. The van der Waals surface area contributed by atoms with Gasteiger partial charge in [0.1, 0.15) is 12.7 Å². The minimum atomic E-state index is -4.13. The number of nitrogens with one attached hydrogen (secondary N) is 1. The molecule has 0 atom stereocenters. The molecule has 0 aliphatic carbocycles. The highest BCUT2D eigenvalue weighted by molar-refractivity contribution is 7.92. The Morgan fingerprint density at radius 3 is 2.76 bits per heavy atom. The van der Waals surface area contributed by atoms with Crippen molar-refractivity contribution >= 4 is 27.5 Å². The molecule has 1 aromatic carbocycles. The van der Waals surface area contributed by atoms with E-state index in [0.29, 0.717) is 0 Å². The number of esters is 1. The van der Waals surface area contributed by atoms with Gasteiger partial charge in [-0.1, -0.05) is 12.1 Å². The smallest absolute Gasteiger partial charge is 0.340 e. The summed E-state index contributed by atoms with van der Waals surface area (Å²) in [7, 11) is -4.13. The summed E-state index contributed by atoms with van der Waals surface area (Å²) in [5, 5.41) is 3.33. The molecule has 0 fully saturated rings. The third kappa shape index (κ3) is 3.55. The van der Waals surface area contributed by atoms with E-state index >= 15 is 0 Å². The lowest BCUT2D eigenvalue weighted by atomic mass is 10.2. The lowest BCUT2D eigenvalue weighted by Gasteiger charge is -2.12. The molecule has 130 valence electrons. The summed E-state index contributed by atoms with van der Waals surface area (Å²) in [6.07, 6.45) is 2.17. The van der Waals surface area contributed by atoms with Crippen molar-refractivity contribution in [2.24, 2.45) is 0 Å². The minimum absolute atomic E-state index is 0.0677. The van der Waals surface area contributed by atoms with Crippen LogP contribution in [0.5, 0.6) is 0 Å². The second-order valence-corrected chi connectivity index (χ2v) is 6.83. The summed E-state index contributed by atoms with van der Waals surface area (Å²) in [5.41, 5.74) is 0.154. The molecule has 0 aliphatic heterocycles. The maximum absolute atomic E-state index is 12.5. The van der Waals surface area contributed by atoms with Gasteiger partial charge in [0.2, 0.25) is 0 Å². The number of fused-ring (bicyclic) bond motifs is 1. The Kier molecular flexibility index (Phi) is 4.31. The lowest BCUT2D eigenvalue weighted by Crippen LogP contribution is -2.19. The maximum Gasteiger partial charge on any atom is 0.340 e. The number of anilines is 1. The van der Waals surface area contributed by atoms with Crippen molar-refractivity contribution in [3.05, 3.63) is 42.5 Å². The number of benzene rings is 1. The standard InChI is InChI=1S/C14H14N6O4S/c1-9(2)24-12(21)10-5-3-4-6-11(10)19-25(22,23)14-17-13-16-7-15-8-20(13)18-14/h3-9,19H,1-2H3. The van der Waals surface area contributed by atoms with E-state index in [1.807, 2.05) is 0 Å². The minimum Gasteiger partial charge on any atom is -0.459 e. The van der Waals surface area contributed by atoms with Gasteiger partial charge >= 0.3 is 5.97 Å². The molecule has 10 nitrogen and oxygen atoms in total. The van der Waals surface area contributed by atoms with Crippen molar-refractivity contribution in [2.45, 2.75) is 25.1 Å². The number of para-hydroxylation sites is 1. The van der Waals surface area contributed by atoms with Gasteiger partial charge in [-0.3, -0.25) is 4.72 Å². The monoisotopic (exact) mass is 362 g/mol. The summed E-state index contributed by atoms with van der Waals surface area (Å²) in [6.45, 7) is 3.40. The number of ether oxygens (including phenoxy) is 1. The van der Waals surface area contributed by atoms with E-state index in [1.165, 1.54) is 24.8 Å². The number of hydrogen-bond donors (Lipinski definition) is 1. The van der Waals surface area contributed by atoms with Crippen LogP contribution in [-0.2, 0) is 14.8 Å². The number of nitrogens with zero attached hydrogens (tertiary/aromatic N) is 5. The van der Waals surface area contributed by atoms with Crippen LogP contribution in [0.2, 0.25) is 0 Å². The average molecular weight is 362 g/mol. The average Bonchev–Trinajstić information content (AvgIpc) is 2.99. The van der Waals surface area contributed by atoms with Crippen LogP contribution >= 0.6 is 0 Å². The first kappa shape index (κ1) is 16.8. The molecule has 0 saturated carbocycles. The molecule has 2 heterocycles. The van der Waals surface area contributed by atoms with Crippen LogP contribution in [0.15, 0.2) is 42.1 Å². The summed E-state index contributed by atoms with van der Waals surface area (Å²) < 4.78 is 33.6. The summed E-state index contributed by atoms with van der Waals surface area (Å²) >= 11 is 0. The number of carbonyl (C=O) groups excluding carboxylic acids is 1. The van der Waals surface area contributed by atoms with Crippen LogP contribution < -0.4 is 4.72 Å². The molecule has 0 spiro atoms. The number of hydrogen-bond acceptors (Lipinski definition) is 8. The first-order chi connectivity index (χ1) is 11.9. The van der Waals surface area contributed by atoms with E-state index in [9.17, 15) is 13.2 Å². The summed E-state index contributed by atoms with van der Waals surface area (Å²) in [6, 6.07) is 6.11. The van der Waals surface area contributed by atoms with Crippen molar-refractivity contribution in [1.29, 1.82) is 0 Å². The van der Waals surface area contributed by atoms with Crippen LogP contribution in [0.4, 0.5) is 5.69 Å². The fraction of sp³-hybridized carbons (Fsp3) is 0.214. The largest absolute Gasteiger partial charge is 0.459 e. The Morgan fingerprint density at radius 2 is 2.04 bits per heavy atom. The van der Waals surface area contributed by atoms with Crippen LogP contribution in [-0.4, -0.2) is 45.1 Å². The molecule has 3 aromatic rings. The molecule has 0 amide bonds. The highest BCUT2D eigenvalue weighted by atomic mass is 32.2. The number of carbonyl (C=O) groups is 1. The van der Waals surface area contributed by atoms with Gasteiger partial charge in [0, 0.05) is 0 Å². The van der Waals surface area contributed by atoms with Crippen molar-refractivity contribution < 1.29 is 17.9 Å². The van der Waals surface area contributed by atoms with E-state index in [4.69, 9.17) is 4.74 Å². The summed E-state index contributed by atoms with van der Waals surface area (Å²) in [5.74, 6) is -0.551. The van der Waals surface area contributed by atoms with Crippen molar-refractivity contribution in [3.8, 4) is 0 Å². The maximum atomic E-state index is 12.5. The molecule has 0 bridgehead atoms.